The van der Waals surface area contributed by atoms with E-state index in [1.807, 2.05) is 18.2 Å². The number of aliphatic hydroxyl groups excluding tert-OH is 1. The molecule has 3 aromatic rings. The van der Waals surface area contributed by atoms with Gasteiger partial charge in [-0.1, -0.05) is 23.5 Å². The minimum Gasteiger partial charge on any atom is -0.472 e. The van der Waals surface area contributed by atoms with Crippen LogP contribution in [0.15, 0.2) is 36.7 Å². The van der Waals surface area contributed by atoms with Gasteiger partial charge in [-0.2, -0.15) is 0 Å². The normalized spacial score (nSPS) is 22.4. The lowest BCUT2D eigenvalue weighted by Crippen LogP contribution is -2.43. The third kappa shape index (κ3) is 4.00. The molecule has 0 bridgehead atoms. The van der Waals surface area contributed by atoms with Crippen molar-refractivity contribution in [3.63, 3.8) is 0 Å². The molecule has 2 fully saturated rings. The smallest absolute Gasteiger partial charge is 0.257 e. The Labute approximate surface area is 173 Å². The molecule has 1 saturated carbocycles. The van der Waals surface area contributed by atoms with Crippen LogP contribution in [0.2, 0.25) is 0 Å². The van der Waals surface area contributed by atoms with E-state index in [-0.39, 0.29) is 12.7 Å². The van der Waals surface area contributed by atoms with Crippen molar-refractivity contribution in [2.24, 2.45) is 5.92 Å². The van der Waals surface area contributed by atoms with E-state index in [4.69, 9.17) is 4.74 Å². The highest BCUT2D eigenvalue weighted by Gasteiger charge is 2.33. The summed E-state index contributed by atoms with van der Waals surface area (Å²) in [6.07, 6.45) is 7.37. The predicted molar refractivity (Wildman–Crippen MR) is 115 cm³/mol. The maximum absolute atomic E-state index is 9.35. The van der Waals surface area contributed by atoms with Gasteiger partial charge in [0.25, 0.3) is 5.88 Å². The lowest BCUT2D eigenvalue weighted by molar-refractivity contribution is 0.102. The number of nitrogens with one attached hydrogen (secondary N) is 1. The topological polar surface area (TPSA) is 83.4 Å². The maximum Gasteiger partial charge on any atom is 0.257 e. The van der Waals surface area contributed by atoms with Crippen LogP contribution in [0.5, 0.6) is 5.88 Å². The van der Waals surface area contributed by atoms with Crippen molar-refractivity contribution in [1.29, 1.82) is 0 Å². The molecule has 8 heteroatoms. The largest absolute Gasteiger partial charge is 0.472 e. The van der Waals surface area contributed by atoms with E-state index in [1.165, 1.54) is 4.70 Å². The van der Waals surface area contributed by atoms with Gasteiger partial charge >= 0.3 is 0 Å². The van der Waals surface area contributed by atoms with E-state index in [9.17, 15) is 5.11 Å². The number of piperidine rings is 1. The fourth-order valence-corrected chi connectivity index (χ4v) is 4.93. The van der Waals surface area contributed by atoms with Crippen molar-refractivity contribution in [2.75, 3.05) is 29.9 Å². The van der Waals surface area contributed by atoms with Gasteiger partial charge < -0.3 is 20.1 Å². The zero-order valence-corrected chi connectivity index (χ0v) is 17.0. The van der Waals surface area contributed by atoms with E-state index in [0.717, 1.165) is 55.2 Å². The molecule has 5 rings (SSSR count). The second kappa shape index (κ2) is 8.12. The number of anilines is 2. The van der Waals surface area contributed by atoms with Crippen molar-refractivity contribution < 1.29 is 9.84 Å². The van der Waals surface area contributed by atoms with Gasteiger partial charge in [-0.3, -0.25) is 0 Å². The summed E-state index contributed by atoms with van der Waals surface area (Å²) in [4.78, 5) is 15.9. The molecule has 2 aromatic heterocycles. The van der Waals surface area contributed by atoms with Gasteiger partial charge in [0.2, 0.25) is 0 Å². The Bertz CT molecular complexity index is 933. The number of fused-ring (bicyclic) bond motifs is 1. The molecule has 1 aliphatic carbocycles. The molecule has 1 saturated heterocycles. The molecule has 1 aliphatic heterocycles. The van der Waals surface area contributed by atoms with E-state index in [0.29, 0.717) is 17.8 Å². The number of hydrogen-bond acceptors (Lipinski definition) is 8. The van der Waals surface area contributed by atoms with Crippen LogP contribution in [-0.2, 0) is 0 Å². The molecular formula is C21H25N5O2S. The summed E-state index contributed by atoms with van der Waals surface area (Å²) in [7, 11) is 0. The Balaban J connectivity index is 1.17. The first-order valence-corrected chi connectivity index (χ1v) is 11.1. The summed E-state index contributed by atoms with van der Waals surface area (Å²) in [5.74, 6) is 1.85. The van der Waals surface area contributed by atoms with Crippen LogP contribution >= 0.6 is 11.3 Å². The van der Waals surface area contributed by atoms with Gasteiger partial charge in [0.1, 0.15) is 6.10 Å². The molecule has 3 heterocycles. The number of thiazole rings is 1. The van der Waals surface area contributed by atoms with Crippen molar-refractivity contribution >= 4 is 32.5 Å². The average Bonchev–Trinajstić information content (AvgIpc) is 3.15. The van der Waals surface area contributed by atoms with Crippen molar-refractivity contribution in [1.82, 2.24) is 15.0 Å². The summed E-state index contributed by atoms with van der Waals surface area (Å²) in [5.41, 5.74) is 1.04. The van der Waals surface area contributed by atoms with Crippen LogP contribution in [-0.4, -0.2) is 51.9 Å². The third-order valence-electron chi connectivity index (χ3n) is 5.81. The molecule has 0 spiro atoms. The Hall–Kier alpha value is -2.45. The Morgan fingerprint density at radius 1 is 1.14 bits per heavy atom. The third-order valence-corrected chi connectivity index (χ3v) is 6.78. The van der Waals surface area contributed by atoms with Crippen molar-refractivity contribution in [2.45, 2.75) is 37.8 Å². The molecule has 7 nitrogen and oxygen atoms in total. The molecule has 152 valence electrons. The molecule has 29 heavy (non-hydrogen) atoms. The van der Waals surface area contributed by atoms with Gasteiger partial charge in [-0.25, -0.2) is 15.0 Å². The Morgan fingerprint density at radius 2 is 1.93 bits per heavy atom. The first kappa shape index (κ1) is 18.6. The quantitative estimate of drug-likeness (QED) is 0.644. The highest BCUT2D eigenvalue weighted by Crippen LogP contribution is 2.34. The zero-order valence-electron chi connectivity index (χ0n) is 16.2. The fourth-order valence-electron chi connectivity index (χ4n) is 3.99. The fraction of sp³-hybridized carbons (Fsp3) is 0.476. The Morgan fingerprint density at radius 3 is 2.72 bits per heavy atom. The summed E-state index contributed by atoms with van der Waals surface area (Å²) in [5, 5.41) is 13.9. The summed E-state index contributed by atoms with van der Waals surface area (Å²) >= 11 is 1.69. The van der Waals surface area contributed by atoms with Crippen LogP contribution in [0.3, 0.4) is 0 Å². The molecule has 0 amide bonds. The number of para-hydroxylation sites is 1. The highest BCUT2D eigenvalue weighted by atomic mass is 32.1. The van der Waals surface area contributed by atoms with Gasteiger partial charge in [-0.05, 0) is 30.9 Å². The van der Waals surface area contributed by atoms with E-state index in [1.54, 1.807) is 23.7 Å². The molecule has 2 aliphatic rings. The first-order chi connectivity index (χ1) is 14.3. The lowest BCUT2D eigenvalue weighted by atomic mass is 9.89. The monoisotopic (exact) mass is 411 g/mol. The van der Waals surface area contributed by atoms with Crippen LogP contribution in [0.4, 0.5) is 10.9 Å². The van der Waals surface area contributed by atoms with Crippen LogP contribution in [0.1, 0.15) is 25.7 Å². The number of hydrogen-bond donors (Lipinski definition) is 2. The van der Waals surface area contributed by atoms with Crippen LogP contribution in [0.25, 0.3) is 10.2 Å². The highest BCUT2D eigenvalue weighted by molar-refractivity contribution is 7.22. The SMILES string of the molecule is OCC1CCN(c2nccnc2O[C@H]2C[C@H](Nc3nc4ccccc4s3)C2)CC1. The number of aromatic nitrogens is 3. The molecule has 0 radical (unpaired) electrons. The van der Waals surface area contributed by atoms with Gasteiger partial charge in [-0.15, -0.1) is 0 Å². The number of rotatable bonds is 6. The number of benzene rings is 1. The van der Waals surface area contributed by atoms with Crippen molar-refractivity contribution in [3.8, 4) is 5.88 Å². The van der Waals surface area contributed by atoms with Crippen LogP contribution in [0, 0.1) is 5.92 Å². The molecule has 1 aromatic carbocycles. The van der Waals surface area contributed by atoms with E-state index in [2.05, 4.69) is 31.2 Å². The molecular weight excluding hydrogens is 386 g/mol. The molecule has 0 atom stereocenters. The van der Waals surface area contributed by atoms with Crippen molar-refractivity contribution in [3.05, 3.63) is 36.7 Å². The summed E-state index contributed by atoms with van der Waals surface area (Å²) in [6, 6.07) is 8.58. The second-order valence-corrected chi connectivity index (χ2v) is 8.87. The van der Waals surface area contributed by atoms with Crippen LogP contribution < -0.4 is 15.0 Å². The number of aliphatic hydroxyl groups is 1. The van der Waals surface area contributed by atoms with E-state index >= 15 is 0 Å². The lowest BCUT2D eigenvalue weighted by Gasteiger charge is -2.37. The van der Waals surface area contributed by atoms with Gasteiger partial charge in [0.05, 0.1) is 10.2 Å². The molecule has 2 N–H and O–H groups in total. The second-order valence-electron chi connectivity index (χ2n) is 7.84. The minimum absolute atomic E-state index is 0.146. The average molecular weight is 412 g/mol. The minimum atomic E-state index is 0.146. The van der Waals surface area contributed by atoms with Gasteiger partial charge in [0, 0.05) is 51.0 Å². The first-order valence-electron chi connectivity index (χ1n) is 10.2. The number of nitrogens with zero attached hydrogens (tertiary/aromatic N) is 4. The predicted octanol–water partition coefficient (Wildman–Crippen LogP) is 3.32. The van der Waals surface area contributed by atoms with Gasteiger partial charge in [0.15, 0.2) is 10.9 Å². The number of ether oxygens (including phenoxy) is 1. The zero-order chi connectivity index (χ0) is 19.6. The molecule has 0 unspecified atom stereocenters. The summed E-state index contributed by atoms with van der Waals surface area (Å²) in [6.45, 7) is 2.03. The van der Waals surface area contributed by atoms with E-state index < -0.39 is 0 Å². The maximum atomic E-state index is 9.35. The summed E-state index contributed by atoms with van der Waals surface area (Å²) < 4.78 is 7.40. The Kier molecular flexibility index (Phi) is 5.20. The standard InChI is InChI=1S/C21H25N5O2S/c27-13-14-5-9-26(10-6-14)19-20(23-8-7-22-19)28-16-11-15(12-16)24-21-25-17-3-1-2-4-18(17)29-21/h1-4,7-8,14-16,27H,5-6,9-13H2,(H,24,25)/t15-,16-.